The van der Waals surface area contributed by atoms with Gasteiger partial charge in [0.25, 0.3) is 0 Å². The summed E-state index contributed by atoms with van der Waals surface area (Å²) in [6.45, 7) is 13.7. The summed E-state index contributed by atoms with van der Waals surface area (Å²) in [5.74, 6) is 0.533. The van der Waals surface area contributed by atoms with Crippen LogP contribution in [0, 0.1) is 0 Å². The lowest BCUT2D eigenvalue weighted by Gasteiger charge is -2.24. The molecule has 0 fully saturated rings. The number of guanidine groups is 1. The average Bonchev–Trinajstić information content (AvgIpc) is 2.37. The van der Waals surface area contributed by atoms with E-state index in [2.05, 4.69) is 36.0 Å². The number of nitrogens with zero attached hydrogens (tertiary/aromatic N) is 2. The number of ether oxygens (including phenoxy) is 1. The van der Waals surface area contributed by atoms with Crippen molar-refractivity contribution in [3.63, 3.8) is 0 Å². The van der Waals surface area contributed by atoms with Crippen molar-refractivity contribution in [1.82, 2.24) is 10.2 Å². The Hall–Kier alpha value is -0.0800. The van der Waals surface area contributed by atoms with Crippen LogP contribution in [0.25, 0.3) is 0 Å². The molecular formula is C13H31IN4O. The Morgan fingerprint density at radius 1 is 1.32 bits per heavy atom. The van der Waals surface area contributed by atoms with Gasteiger partial charge in [-0.2, -0.15) is 0 Å². The topological polar surface area (TPSA) is 62.9 Å². The third-order valence-corrected chi connectivity index (χ3v) is 2.94. The van der Waals surface area contributed by atoms with Crippen LogP contribution in [0.15, 0.2) is 4.99 Å². The van der Waals surface area contributed by atoms with Crippen molar-refractivity contribution >= 4 is 29.9 Å². The van der Waals surface area contributed by atoms with Gasteiger partial charge in [-0.3, -0.25) is 9.89 Å². The molecule has 0 radical (unpaired) electrons. The van der Waals surface area contributed by atoms with Crippen LogP contribution in [-0.4, -0.2) is 56.3 Å². The van der Waals surface area contributed by atoms with E-state index in [0.717, 1.165) is 45.8 Å². The molecule has 116 valence electrons. The summed E-state index contributed by atoms with van der Waals surface area (Å²) in [5.41, 5.74) is 5.80. The van der Waals surface area contributed by atoms with E-state index in [9.17, 15) is 0 Å². The zero-order valence-corrected chi connectivity index (χ0v) is 15.1. The van der Waals surface area contributed by atoms with Crippen LogP contribution in [0.3, 0.4) is 0 Å². The first-order valence-electron chi connectivity index (χ1n) is 7.01. The van der Waals surface area contributed by atoms with Crippen LogP contribution in [-0.2, 0) is 4.74 Å². The average molecular weight is 386 g/mol. The summed E-state index contributed by atoms with van der Waals surface area (Å²) < 4.78 is 5.25. The van der Waals surface area contributed by atoms with Gasteiger partial charge in [-0.25, -0.2) is 0 Å². The van der Waals surface area contributed by atoms with Crippen molar-refractivity contribution in [3.05, 3.63) is 0 Å². The third-order valence-electron chi connectivity index (χ3n) is 2.94. The summed E-state index contributed by atoms with van der Waals surface area (Å²) >= 11 is 0. The second kappa shape index (κ2) is 14.3. The standard InChI is InChI=1S/C13H30N4O.HI/c1-5-17(6-2)12(4)11-16-13(14)15-9-8-10-18-7-3;/h12H,5-11H2,1-4H3,(H3,14,15,16);1H. The molecule has 0 aliphatic rings. The Labute approximate surface area is 135 Å². The van der Waals surface area contributed by atoms with E-state index in [1.165, 1.54) is 0 Å². The van der Waals surface area contributed by atoms with E-state index in [1.54, 1.807) is 0 Å². The smallest absolute Gasteiger partial charge is 0.188 e. The summed E-state index contributed by atoms with van der Waals surface area (Å²) in [4.78, 5) is 6.73. The minimum Gasteiger partial charge on any atom is -0.382 e. The van der Waals surface area contributed by atoms with Crippen molar-refractivity contribution in [2.24, 2.45) is 10.7 Å². The Morgan fingerprint density at radius 2 is 1.95 bits per heavy atom. The van der Waals surface area contributed by atoms with Crippen LogP contribution in [0.2, 0.25) is 0 Å². The lowest BCUT2D eigenvalue weighted by atomic mass is 10.3. The Balaban J connectivity index is 0. The maximum absolute atomic E-state index is 5.80. The molecule has 0 saturated carbocycles. The molecule has 1 atom stereocenters. The lowest BCUT2D eigenvalue weighted by molar-refractivity contribution is 0.145. The Morgan fingerprint density at radius 3 is 2.47 bits per heavy atom. The maximum Gasteiger partial charge on any atom is 0.188 e. The van der Waals surface area contributed by atoms with Crippen molar-refractivity contribution in [2.75, 3.05) is 39.4 Å². The first kappa shape index (κ1) is 21.2. The van der Waals surface area contributed by atoms with Gasteiger partial charge < -0.3 is 15.8 Å². The molecule has 0 rings (SSSR count). The Bertz CT molecular complexity index is 223. The molecule has 1 unspecified atom stereocenters. The largest absolute Gasteiger partial charge is 0.382 e. The van der Waals surface area contributed by atoms with E-state index in [1.807, 2.05) is 6.92 Å². The molecule has 0 aromatic heterocycles. The fourth-order valence-corrected chi connectivity index (χ4v) is 1.78. The molecule has 19 heavy (non-hydrogen) atoms. The predicted molar refractivity (Wildman–Crippen MR) is 93.4 cm³/mol. The zero-order valence-electron chi connectivity index (χ0n) is 12.8. The van der Waals surface area contributed by atoms with Crippen LogP contribution < -0.4 is 11.1 Å². The van der Waals surface area contributed by atoms with E-state index in [-0.39, 0.29) is 24.0 Å². The highest BCUT2D eigenvalue weighted by Crippen LogP contribution is 1.98. The zero-order chi connectivity index (χ0) is 13.8. The van der Waals surface area contributed by atoms with E-state index >= 15 is 0 Å². The number of hydrogen-bond donors (Lipinski definition) is 2. The number of likely N-dealkylation sites (N-methyl/N-ethyl adjacent to an activating group) is 1. The lowest BCUT2D eigenvalue weighted by Crippen LogP contribution is -2.37. The maximum atomic E-state index is 5.80. The van der Waals surface area contributed by atoms with Crippen molar-refractivity contribution in [1.29, 1.82) is 0 Å². The SMILES string of the molecule is CCOCCCNC(N)=NCC(C)N(CC)CC.I. The molecule has 0 saturated heterocycles. The van der Waals surface area contributed by atoms with Gasteiger partial charge in [0.15, 0.2) is 5.96 Å². The highest BCUT2D eigenvalue weighted by atomic mass is 127. The highest BCUT2D eigenvalue weighted by Gasteiger charge is 2.08. The van der Waals surface area contributed by atoms with Gasteiger partial charge in [-0.05, 0) is 33.4 Å². The fourth-order valence-electron chi connectivity index (χ4n) is 1.78. The van der Waals surface area contributed by atoms with Crippen LogP contribution in [0.1, 0.15) is 34.1 Å². The van der Waals surface area contributed by atoms with Gasteiger partial charge >= 0.3 is 0 Å². The van der Waals surface area contributed by atoms with Gasteiger partial charge in [0.2, 0.25) is 0 Å². The minimum absolute atomic E-state index is 0. The van der Waals surface area contributed by atoms with Crippen molar-refractivity contribution < 1.29 is 4.74 Å². The molecule has 0 aliphatic carbocycles. The molecule has 0 amide bonds. The molecule has 0 bridgehead atoms. The van der Waals surface area contributed by atoms with Gasteiger partial charge in [0.1, 0.15) is 0 Å². The monoisotopic (exact) mass is 386 g/mol. The quantitative estimate of drug-likeness (QED) is 0.260. The van der Waals surface area contributed by atoms with Gasteiger partial charge in [-0.15, -0.1) is 24.0 Å². The molecule has 0 aromatic rings. The second-order valence-corrected chi connectivity index (χ2v) is 4.27. The van der Waals surface area contributed by atoms with Gasteiger partial charge in [0, 0.05) is 25.8 Å². The fraction of sp³-hybridized carbons (Fsp3) is 0.923. The molecule has 0 spiro atoms. The normalized spacial score (nSPS) is 13.2. The molecule has 3 N–H and O–H groups in total. The summed E-state index contributed by atoms with van der Waals surface area (Å²) in [6, 6.07) is 0.434. The molecular weight excluding hydrogens is 355 g/mol. The number of nitrogens with two attached hydrogens (primary N) is 1. The molecule has 0 aliphatic heterocycles. The minimum atomic E-state index is 0. The third kappa shape index (κ3) is 11.4. The Kier molecular flexibility index (Phi) is 16.0. The van der Waals surface area contributed by atoms with Crippen LogP contribution in [0.4, 0.5) is 0 Å². The summed E-state index contributed by atoms with van der Waals surface area (Å²) in [6.07, 6.45) is 0.954. The first-order valence-corrected chi connectivity index (χ1v) is 7.01. The predicted octanol–water partition coefficient (Wildman–Crippen LogP) is 1.67. The van der Waals surface area contributed by atoms with Crippen molar-refractivity contribution in [3.8, 4) is 0 Å². The number of aliphatic imine (C=N–C) groups is 1. The van der Waals surface area contributed by atoms with E-state index in [0.29, 0.717) is 12.0 Å². The molecule has 0 aromatic carbocycles. The van der Waals surface area contributed by atoms with Gasteiger partial charge in [-0.1, -0.05) is 13.8 Å². The van der Waals surface area contributed by atoms with Gasteiger partial charge in [0.05, 0.1) is 6.54 Å². The molecule has 5 nitrogen and oxygen atoms in total. The first-order chi connectivity index (χ1) is 8.65. The number of nitrogens with one attached hydrogen (secondary N) is 1. The van der Waals surface area contributed by atoms with Crippen molar-refractivity contribution in [2.45, 2.75) is 40.2 Å². The molecule has 6 heteroatoms. The number of rotatable bonds is 10. The van der Waals surface area contributed by atoms with Crippen LogP contribution in [0.5, 0.6) is 0 Å². The number of hydrogen-bond acceptors (Lipinski definition) is 3. The number of halogens is 1. The summed E-state index contributed by atoms with van der Waals surface area (Å²) in [5, 5.41) is 3.10. The highest BCUT2D eigenvalue weighted by molar-refractivity contribution is 14.0. The van der Waals surface area contributed by atoms with Crippen LogP contribution >= 0.6 is 24.0 Å². The summed E-state index contributed by atoms with van der Waals surface area (Å²) in [7, 11) is 0. The second-order valence-electron chi connectivity index (χ2n) is 4.27. The van der Waals surface area contributed by atoms with E-state index in [4.69, 9.17) is 10.5 Å². The molecule has 0 heterocycles. The van der Waals surface area contributed by atoms with E-state index < -0.39 is 0 Å².